The van der Waals surface area contributed by atoms with Gasteiger partial charge < -0.3 is 20.4 Å². The fourth-order valence-electron chi connectivity index (χ4n) is 0.458. The summed E-state index contributed by atoms with van der Waals surface area (Å²) in [5.74, 6) is 0. The lowest BCUT2D eigenvalue weighted by atomic mass is 10.3. The van der Waals surface area contributed by atoms with Crippen molar-refractivity contribution in [2.45, 2.75) is 25.5 Å². The fraction of sp³-hybridized carbons (Fsp3) is 1.00. The summed E-state index contributed by atoms with van der Waals surface area (Å²) < 4.78 is 0. The Labute approximate surface area is 58.9 Å². The number of rotatable bonds is 4. The molecule has 0 aromatic rings. The normalized spacial score (nSPS) is 20.1. The molecule has 0 saturated heterocycles. The van der Waals surface area contributed by atoms with Crippen LogP contribution in [0.25, 0.3) is 0 Å². The topological polar surface area (TPSA) is 93.0 Å². The molecule has 0 aliphatic rings. The van der Waals surface area contributed by atoms with Gasteiger partial charge in [0.2, 0.25) is 0 Å². The quantitative estimate of drug-likeness (QED) is 0.288. The van der Waals surface area contributed by atoms with Gasteiger partial charge in [0.15, 0.2) is 0 Å². The monoisotopic (exact) mass is 151 g/mol. The molecule has 0 heterocycles. The van der Waals surface area contributed by atoms with Gasteiger partial charge in [-0.1, -0.05) is 0 Å². The second-order valence-corrected chi connectivity index (χ2v) is 2.04. The van der Waals surface area contributed by atoms with E-state index in [1.54, 1.807) is 0 Å². The number of hydrogen-bond acceptors (Lipinski definition) is 5. The van der Waals surface area contributed by atoms with Crippen molar-refractivity contribution < 1.29 is 20.4 Å². The molecule has 10 heavy (non-hydrogen) atoms. The summed E-state index contributed by atoms with van der Waals surface area (Å²) in [5.41, 5.74) is 0. The van der Waals surface area contributed by atoms with E-state index < -0.39 is 25.2 Å². The van der Waals surface area contributed by atoms with Crippen molar-refractivity contribution in [3.63, 3.8) is 0 Å². The lowest BCUT2D eigenvalue weighted by Crippen LogP contribution is -2.45. The predicted molar refractivity (Wildman–Crippen MR) is 33.9 cm³/mol. The van der Waals surface area contributed by atoms with Crippen molar-refractivity contribution in [2.24, 2.45) is 0 Å². The van der Waals surface area contributed by atoms with Crippen LogP contribution in [0.3, 0.4) is 0 Å². The van der Waals surface area contributed by atoms with E-state index in [1.165, 1.54) is 6.92 Å². The summed E-state index contributed by atoms with van der Waals surface area (Å²) in [6.07, 6.45) is -3.45. The highest BCUT2D eigenvalue weighted by Gasteiger charge is 2.15. The van der Waals surface area contributed by atoms with Crippen molar-refractivity contribution in [1.29, 1.82) is 0 Å². The van der Waals surface area contributed by atoms with E-state index in [2.05, 4.69) is 5.32 Å². The van der Waals surface area contributed by atoms with Crippen molar-refractivity contribution in [3.8, 4) is 0 Å². The Morgan fingerprint density at radius 2 is 1.80 bits per heavy atom. The minimum absolute atomic E-state index is 0.541. The molecule has 3 unspecified atom stereocenters. The average molecular weight is 151 g/mol. The van der Waals surface area contributed by atoms with Crippen LogP contribution >= 0.6 is 0 Å². The molecule has 62 valence electrons. The molecule has 5 N–H and O–H groups in total. The van der Waals surface area contributed by atoms with Gasteiger partial charge in [0, 0.05) is 0 Å². The zero-order valence-corrected chi connectivity index (χ0v) is 5.73. The lowest BCUT2D eigenvalue weighted by molar-refractivity contribution is -0.0545. The molecule has 0 aromatic carbocycles. The van der Waals surface area contributed by atoms with E-state index in [0.29, 0.717) is 0 Å². The molecule has 0 rings (SSSR count). The van der Waals surface area contributed by atoms with E-state index in [1.807, 2.05) is 0 Å². The third kappa shape index (κ3) is 3.76. The van der Waals surface area contributed by atoms with Crippen LogP contribution in [0, 0.1) is 0 Å². The van der Waals surface area contributed by atoms with Gasteiger partial charge in [0.25, 0.3) is 0 Å². The highest BCUT2D eigenvalue weighted by atomic mass is 16.4. The van der Waals surface area contributed by atoms with Gasteiger partial charge in [-0.25, -0.2) is 0 Å². The third-order valence-electron chi connectivity index (χ3n) is 0.963. The van der Waals surface area contributed by atoms with E-state index in [-0.39, 0.29) is 0 Å². The first-order valence-corrected chi connectivity index (χ1v) is 2.99. The maximum Gasteiger partial charge on any atom is 0.135 e. The highest BCUT2D eigenvalue weighted by molar-refractivity contribution is 4.63. The summed E-state index contributed by atoms with van der Waals surface area (Å²) in [6.45, 7) is 0.855. The van der Waals surface area contributed by atoms with Gasteiger partial charge in [-0.15, -0.1) is 0 Å². The number of hydrogen-bond donors (Lipinski definition) is 5. The molecule has 0 spiro atoms. The lowest BCUT2D eigenvalue weighted by Gasteiger charge is -2.18. The third-order valence-corrected chi connectivity index (χ3v) is 0.963. The second kappa shape index (κ2) is 4.59. The first-order chi connectivity index (χ1) is 4.57. The maximum absolute atomic E-state index is 8.81. The van der Waals surface area contributed by atoms with E-state index in [4.69, 9.17) is 20.4 Å². The summed E-state index contributed by atoms with van der Waals surface area (Å²) in [5, 5.41) is 36.6. The SMILES string of the molecule is CC(O)NC(O)C(O)CO. The van der Waals surface area contributed by atoms with Crippen molar-refractivity contribution in [3.05, 3.63) is 0 Å². The summed E-state index contributed by atoms with van der Waals surface area (Å²) in [4.78, 5) is 0. The zero-order valence-electron chi connectivity index (χ0n) is 5.73. The number of aliphatic hydroxyl groups excluding tert-OH is 4. The first kappa shape index (κ1) is 9.80. The molecule has 0 fully saturated rings. The van der Waals surface area contributed by atoms with Gasteiger partial charge in [-0.3, -0.25) is 5.32 Å². The Balaban J connectivity index is 3.50. The molecule has 5 heteroatoms. The Morgan fingerprint density at radius 1 is 1.30 bits per heavy atom. The van der Waals surface area contributed by atoms with Gasteiger partial charge in [-0.2, -0.15) is 0 Å². The van der Waals surface area contributed by atoms with Crippen LogP contribution in [0.4, 0.5) is 0 Å². The van der Waals surface area contributed by atoms with Crippen LogP contribution < -0.4 is 5.32 Å². The first-order valence-electron chi connectivity index (χ1n) is 2.99. The maximum atomic E-state index is 8.81. The van der Waals surface area contributed by atoms with Crippen molar-refractivity contribution in [2.75, 3.05) is 6.61 Å². The summed E-state index contributed by atoms with van der Waals surface area (Å²) >= 11 is 0. The van der Waals surface area contributed by atoms with Gasteiger partial charge in [-0.05, 0) is 6.92 Å². The van der Waals surface area contributed by atoms with Gasteiger partial charge >= 0.3 is 0 Å². The Kier molecular flexibility index (Phi) is 4.50. The van der Waals surface area contributed by atoms with Crippen molar-refractivity contribution >= 4 is 0 Å². The molecule has 0 aliphatic carbocycles. The molecular formula is C5H13NO4. The Bertz CT molecular complexity index is 87.7. The highest BCUT2D eigenvalue weighted by Crippen LogP contribution is 1.88. The van der Waals surface area contributed by atoms with Crippen LogP contribution in [0.15, 0.2) is 0 Å². The fourth-order valence-corrected chi connectivity index (χ4v) is 0.458. The molecule has 0 bridgehead atoms. The number of aliphatic hydroxyl groups is 4. The minimum atomic E-state index is -1.29. The molecular weight excluding hydrogens is 138 g/mol. The number of nitrogens with one attached hydrogen (secondary N) is 1. The van der Waals surface area contributed by atoms with Crippen LogP contribution in [-0.4, -0.2) is 45.6 Å². The van der Waals surface area contributed by atoms with E-state index in [0.717, 1.165) is 0 Å². The Morgan fingerprint density at radius 3 is 2.10 bits per heavy atom. The molecule has 0 radical (unpaired) electrons. The second-order valence-electron chi connectivity index (χ2n) is 2.04. The molecule has 0 saturated carbocycles. The average Bonchev–Trinajstić information content (AvgIpc) is 1.85. The molecule has 0 aromatic heterocycles. The standard InChI is InChI=1S/C5H13NO4/c1-3(8)6-5(10)4(9)2-7/h3-10H,2H2,1H3. The predicted octanol–water partition coefficient (Wildman–Crippen LogP) is -2.41. The smallest absolute Gasteiger partial charge is 0.135 e. The van der Waals surface area contributed by atoms with Gasteiger partial charge in [0.05, 0.1) is 6.61 Å². The minimum Gasteiger partial charge on any atom is -0.394 e. The summed E-state index contributed by atoms with van der Waals surface area (Å²) in [6, 6.07) is 0. The van der Waals surface area contributed by atoms with Crippen LogP contribution in [-0.2, 0) is 0 Å². The molecule has 3 atom stereocenters. The van der Waals surface area contributed by atoms with E-state index >= 15 is 0 Å². The van der Waals surface area contributed by atoms with E-state index in [9.17, 15) is 0 Å². The Hall–Kier alpha value is -0.200. The zero-order chi connectivity index (χ0) is 8.15. The van der Waals surface area contributed by atoms with Crippen LogP contribution in [0.5, 0.6) is 0 Å². The molecule has 5 nitrogen and oxygen atoms in total. The van der Waals surface area contributed by atoms with Crippen molar-refractivity contribution in [1.82, 2.24) is 5.32 Å². The summed E-state index contributed by atoms with van der Waals surface area (Å²) in [7, 11) is 0. The molecule has 0 amide bonds. The van der Waals surface area contributed by atoms with Gasteiger partial charge in [0.1, 0.15) is 18.6 Å². The van der Waals surface area contributed by atoms with Crippen LogP contribution in [0.2, 0.25) is 0 Å². The largest absolute Gasteiger partial charge is 0.394 e. The van der Waals surface area contributed by atoms with Crippen LogP contribution in [0.1, 0.15) is 6.92 Å². The molecule has 0 aliphatic heterocycles.